The molecule has 1 rings (SSSR count). The van der Waals surface area contributed by atoms with Crippen molar-refractivity contribution in [3.05, 3.63) is 47.3 Å². The Morgan fingerprint density at radius 1 is 1.41 bits per heavy atom. The van der Waals surface area contributed by atoms with Crippen molar-refractivity contribution >= 4 is 5.97 Å². The van der Waals surface area contributed by atoms with Crippen molar-refractivity contribution in [2.45, 2.75) is 32.9 Å². The number of carbonyl (C=O) groups excluding carboxylic acids is 1. The minimum Gasteiger partial charge on any atom is -0.455 e. The van der Waals surface area contributed by atoms with Gasteiger partial charge in [0.05, 0.1) is 0 Å². The molecule has 90 valence electrons. The summed E-state index contributed by atoms with van der Waals surface area (Å²) in [5, 5.41) is 0. The summed E-state index contributed by atoms with van der Waals surface area (Å²) in [6.45, 7) is 11.1. The standard InChI is InChI=1S/C14H17NO2/c1-4-11(2)13(15-3)14(16)17-10-12-8-6-5-7-9-12/h5-9,11,13H,4,10H2,1-2H3. The third-order valence-electron chi connectivity index (χ3n) is 2.79. The van der Waals surface area contributed by atoms with Crippen LogP contribution in [0.5, 0.6) is 0 Å². The Labute approximate surface area is 102 Å². The van der Waals surface area contributed by atoms with Gasteiger partial charge in [-0.15, -0.1) is 0 Å². The van der Waals surface area contributed by atoms with E-state index in [-0.39, 0.29) is 12.5 Å². The van der Waals surface area contributed by atoms with Gasteiger partial charge in [0.2, 0.25) is 0 Å². The summed E-state index contributed by atoms with van der Waals surface area (Å²) in [7, 11) is 0. The number of esters is 1. The lowest BCUT2D eigenvalue weighted by molar-refractivity contribution is -0.146. The normalized spacial score (nSPS) is 13.5. The predicted molar refractivity (Wildman–Crippen MR) is 66.1 cm³/mol. The first-order chi connectivity index (χ1) is 8.19. The zero-order valence-electron chi connectivity index (χ0n) is 10.2. The molecule has 1 aromatic carbocycles. The molecule has 0 aliphatic carbocycles. The highest BCUT2D eigenvalue weighted by Gasteiger charge is 2.30. The molecule has 0 aromatic heterocycles. The summed E-state index contributed by atoms with van der Waals surface area (Å²) < 4.78 is 5.15. The summed E-state index contributed by atoms with van der Waals surface area (Å²) in [5.74, 6) is -0.381. The van der Waals surface area contributed by atoms with Crippen LogP contribution in [0.15, 0.2) is 30.3 Å². The van der Waals surface area contributed by atoms with Crippen molar-refractivity contribution in [2.24, 2.45) is 5.92 Å². The molecular formula is C14H17NO2. The van der Waals surface area contributed by atoms with Crippen molar-refractivity contribution in [3.8, 4) is 0 Å². The molecule has 2 unspecified atom stereocenters. The van der Waals surface area contributed by atoms with Gasteiger partial charge in [-0.05, 0) is 12.0 Å². The van der Waals surface area contributed by atoms with E-state index >= 15 is 0 Å². The average Bonchev–Trinajstić information content (AvgIpc) is 2.38. The lowest BCUT2D eigenvalue weighted by Gasteiger charge is -2.11. The lowest BCUT2D eigenvalue weighted by atomic mass is 10.0. The van der Waals surface area contributed by atoms with E-state index in [1.807, 2.05) is 44.2 Å². The number of carbonyl (C=O) groups is 1. The van der Waals surface area contributed by atoms with E-state index in [1.54, 1.807) is 0 Å². The van der Waals surface area contributed by atoms with Crippen molar-refractivity contribution in [1.82, 2.24) is 0 Å². The maximum Gasteiger partial charge on any atom is 0.390 e. The Bertz CT molecular complexity index is 394. The Hall–Kier alpha value is -1.82. The van der Waals surface area contributed by atoms with E-state index in [2.05, 4.69) is 4.85 Å². The first kappa shape index (κ1) is 13.2. The van der Waals surface area contributed by atoms with E-state index in [1.165, 1.54) is 0 Å². The maximum absolute atomic E-state index is 11.7. The van der Waals surface area contributed by atoms with Crippen LogP contribution in [0.4, 0.5) is 0 Å². The van der Waals surface area contributed by atoms with Gasteiger partial charge < -0.3 is 9.58 Å². The van der Waals surface area contributed by atoms with Crippen molar-refractivity contribution in [3.63, 3.8) is 0 Å². The zero-order chi connectivity index (χ0) is 12.7. The Balaban J connectivity index is 2.52. The quantitative estimate of drug-likeness (QED) is 0.576. The SMILES string of the molecule is [C-]#[N+]C(C(=O)OCc1ccccc1)C(C)CC. The molecule has 1 aromatic rings. The number of benzene rings is 1. The Kier molecular flexibility index (Phi) is 5.22. The summed E-state index contributed by atoms with van der Waals surface area (Å²) in [4.78, 5) is 15.1. The zero-order valence-corrected chi connectivity index (χ0v) is 10.2. The Morgan fingerprint density at radius 2 is 2.06 bits per heavy atom. The van der Waals surface area contributed by atoms with E-state index in [0.29, 0.717) is 0 Å². The monoisotopic (exact) mass is 231 g/mol. The fraction of sp³-hybridized carbons (Fsp3) is 0.429. The molecule has 0 heterocycles. The van der Waals surface area contributed by atoms with Gasteiger partial charge in [0.15, 0.2) is 0 Å². The highest BCUT2D eigenvalue weighted by Crippen LogP contribution is 2.14. The summed E-state index contributed by atoms with van der Waals surface area (Å²) in [6.07, 6.45) is 0.799. The minimum absolute atomic E-state index is 0.0378. The topological polar surface area (TPSA) is 30.7 Å². The Morgan fingerprint density at radius 3 is 2.59 bits per heavy atom. The molecule has 0 N–H and O–H groups in total. The molecule has 3 nitrogen and oxygen atoms in total. The molecule has 0 fully saturated rings. The second-order valence-corrected chi connectivity index (χ2v) is 4.05. The molecule has 0 saturated heterocycles. The molecule has 17 heavy (non-hydrogen) atoms. The molecule has 0 bridgehead atoms. The predicted octanol–water partition coefficient (Wildman–Crippen LogP) is 3.06. The third-order valence-corrected chi connectivity index (χ3v) is 2.79. The van der Waals surface area contributed by atoms with Gasteiger partial charge >= 0.3 is 12.0 Å². The second-order valence-electron chi connectivity index (χ2n) is 4.05. The summed E-state index contributed by atoms with van der Waals surface area (Å²) >= 11 is 0. The molecular weight excluding hydrogens is 214 g/mol. The van der Waals surface area contributed by atoms with Gasteiger partial charge in [0.25, 0.3) is 0 Å². The van der Waals surface area contributed by atoms with Gasteiger partial charge in [-0.2, -0.15) is 0 Å². The molecule has 0 aliphatic rings. The van der Waals surface area contributed by atoms with Crippen molar-refractivity contribution < 1.29 is 9.53 Å². The van der Waals surface area contributed by atoms with E-state index in [4.69, 9.17) is 11.3 Å². The summed E-state index contributed by atoms with van der Waals surface area (Å²) in [6, 6.07) is 8.80. The van der Waals surface area contributed by atoms with Crippen LogP contribution in [0.3, 0.4) is 0 Å². The van der Waals surface area contributed by atoms with Crippen LogP contribution in [-0.4, -0.2) is 12.0 Å². The fourth-order valence-corrected chi connectivity index (χ4v) is 1.45. The van der Waals surface area contributed by atoms with E-state index in [0.717, 1.165) is 12.0 Å². The largest absolute Gasteiger partial charge is 0.455 e. The average molecular weight is 231 g/mol. The highest BCUT2D eigenvalue weighted by molar-refractivity contribution is 5.78. The molecule has 3 heteroatoms. The maximum atomic E-state index is 11.7. The molecule has 0 radical (unpaired) electrons. The van der Waals surface area contributed by atoms with E-state index < -0.39 is 12.0 Å². The van der Waals surface area contributed by atoms with Crippen molar-refractivity contribution in [1.29, 1.82) is 0 Å². The molecule has 0 amide bonds. The van der Waals surface area contributed by atoms with Crippen LogP contribution in [0, 0.1) is 12.5 Å². The van der Waals surface area contributed by atoms with Crippen LogP contribution in [0.25, 0.3) is 4.85 Å². The number of hydrogen-bond acceptors (Lipinski definition) is 2. The van der Waals surface area contributed by atoms with Gasteiger partial charge in [0, 0.05) is 5.92 Å². The number of hydrogen-bond donors (Lipinski definition) is 0. The molecule has 0 aliphatic heterocycles. The third kappa shape index (κ3) is 3.92. The van der Waals surface area contributed by atoms with Crippen LogP contribution in [0.2, 0.25) is 0 Å². The van der Waals surface area contributed by atoms with Crippen LogP contribution >= 0.6 is 0 Å². The molecule has 2 atom stereocenters. The molecule has 0 spiro atoms. The lowest BCUT2D eigenvalue weighted by Crippen LogP contribution is -2.26. The van der Waals surface area contributed by atoms with Crippen LogP contribution < -0.4 is 0 Å². The number of rotatable bonds is 5. The van der Waals surface area contributed by atoms with Crippen LogP contribution in [-0.2, 0) is 16.1 Å². The van der Waals surface area contributed by atoms with Gasteiger partial charge in [0.1, 0.15) is 6.61 Å². The minimum atomic E-state index is -0.677. The van der Waals surface area contributed by atoms with Gasteiger partial charge in [-0.25, -0.2) is 11.4 Å². The van der Waals surface area contributed by atoms with E-state index in [9.17, 15) is 4.79 Å². The first-order valence-corrected chi connectivity index (χ1v) is 5.76. The first-order valence-electron chi connectivity index (χ1n) is 5.76. The summed E-state index contributed by atoms with van der Waals surface area (Å²) in [5.41, 5.74) is 0.939. The fourth-order valence-electron chi connectivity index (χ4n) is 1.45. The number of ether oxygens (including phenoxy) is 1. The van der Waals surface area contributed by atoms with Gasteiger partial charge in [-0.3, -0.25) is 0 Å². The number of nitrogens with zero attached hydrogens (tertiary/aromatic N) is 1. The smallest absolute Gasteiger partial charge is 0.390 e. The van der Waals surface area contributed by atoms with Crippen LogP contribution in [0.1, 0.15) is 25.8 Å². The van der Waals surface area contributed by atoms with Gasteiger partial charge in [-0.1, -0.05) is 44.2 Å². The second kappa shape index (κ2) is 6.70. The van der Waals surface area contributed by atoms with Crippen molar-refractivity contribution in [2.75, 3.05) is 0 Å². The highest BCUT2D eigenvalue weighted by atomic mass is 16.5. The molecule has 0 saturated carbocycles.